The van der Waals surface area contributed by atoms with Gasteiger partial charge in [-0.15, -0.1) is 6.58 Å². The van der Waals surface area contributed by atoms with Crippen LogP contribution in [-0.4, -0.2) is 17.0 Å². The van der Waals surface area contributed by atoms with Gasteiger partial charge in [-0.25, -0.2) is 0 Å². The zero-order valence-corrected chi connectivity index (χ0v) is 10.4. The number of Topliss-reactive ketones (excluding diaryl/α,β-unsaturated/α-hetero) is 1. The van der Waals surface area contributed by atoms with Crippen LogP contribution in [0.2, 0.25) is 0 Å². The molecule has 0 aliphatic rings. The van der Waals surface area contributed by atoms with E-state index < -0.39 is 6.10 Å². The molecule has 2 heteroatoms. The molecular weight excluding hydrogens is 188 g/mol. The largest absolute Gasteiger partial charge is 0.392 e. The van der Waals surface area contributed by atoms with E-state index >= 15 is 0 Å². The minimum absolute atomic E-state index is 0.128. The molecule has 88 valence electrons. The van der Waals surface area contributed by atoms with E-state index in [-0.39, 0.29) is 17.1 Å². The normalized spacial score (nSPS) is 15.8. The highest BCUT2D eigenvalue weighted by Crippen LogP contribution is 2.26. The van der Waals surface area contributed by atoms with Gasteiger partial charge in [-0.1, -0.05) is 40.2 Å². The molecule has 0 spiro atoms. The van der Waals surface area contributed by atoms with Crippen LogP contribution in [0, 0.1) is 11.3 Å². The van der Waals surface area contributed by atoms with Crippen molar-refractivity contribution in [2.24, 2.45) is 11.3 Å². The fourth-order valence-electron chi connectivity index (χ4n) is 1.67. The lowest BCUT2D eigenvalue weighted by Gasteiger charge is -2.27. The Kier molecular flexibility index (Phi) is 5.81. The summed E-state index contributed by atoms with van der Waals surface area (Å²) in [5, 5.41) is 9.91. The van der Waals surface area contributed by atoms with Crippen molar-refractivity contribution in [2.45, 2.75) is 53.1 Å². The van der Waals surface area contributed by atoms with Gasteiger partial charge in [-0.05, 0) is 12.8 Å². The average Bonchev–Trinajstić information content (AvgIpc) is 2.12. The van der Waals surface area contributed by atoms with Crippen LogP contribution in [0.15, 0.2) is 12.7 Å². The van der Waals surface area contributed by atoms with Gasteiger partial charge in [0.05, 0.1) is 6.10 Å². The molecule has 0 saturated carbocycles. The summed E-state index contributed by atoms with van der Waals surface area (Å²) in [5.41, 5.74) is -0.387. The van der Waals surface area contributed by atoms with Gasteiger partial charge < -0.3 is 5.11 Å². The maximum atomic E-state index is 12.1. The second-order valence-electron chi connectivity index (χ2n) is 5.10. The molecule has 1 N–H and O–H groups in total. The molecule has 2 nitrogen and oxygen atoms in total. The Bertz CT molecular complexity index is 213. The smallest absolute Gasteiger partial charge is 0.144 e. The third kappa shape index (κ3) is 4.61. The van der Waals surface area contributed by atoms with Crippen LogP contribution in [0.1, 0.15) is 47.0 Å². The maximum Gasteiger partial charge on any atom is 0.144 e. The highest BCUT2D eigenvalue weighted by Gasteiger charge is 2.32. The second-order valence-corrected chi connectivity index (χ2v) is 5.10. The Morgan fingerprint density at radius 3 is 2.33 bits per heavy atom. The standard InChI is InChI=1S/C13H24O2/c1-6-8-10(11(14)9-7-2)12(15)13(3,4)5/h6,10-11,14H,1,7-9H2,2-5H3/t10-,11+/m0/s1. The van der Waals surface area contributed by atoms with Crippen molar-refractivity contribution in [3.05, 3.63) is 12.7 Å². The molecule has 0 heterocycles. The average molecular weight is 212 g/mol. The van der Waals surface area contributed by atoms with Crippen LogP contribution in [0.25, 0.3) is 0 Å². The number of hydrogen-bond donors (Lipinski definition) is 1. The summed E-state index contributed by atoms with van der Waals surface area (Å²) in [5.74, 6) is -0.161. The number of carbonyl (C=O) groups is 1. The Balaban J connectivity index is 4.65. The molecule has 0 rings (SSSR count). The predicted octanol–water partition coefficient (Wildman–Crippen LogP) is 2.95. The Labute approximate surface area is 93.4 Å². The van der Waals surface area contributed by atoms with E-state index in [2.05, 4.69) is 6.58 Å². The highest BCUT2D eigenvalue weighted by molar-refractivity contribution is 5.86. The highest BCUT2D eigenvalue weighted by atomic mass is 16.3. The summed E-state index contributed by atoms with van der Waals surface area (Å²) < 4.78 is 0. The Hall–Kier alpha value is -0.630. The van der Waals surface area contributed by atoms with E-state index in [0.717, 1.165) is 6.42 Å². The monoisotopic (exact) mass is 212 g/mol. The molecule has 2 atom stereocenters. The fourth-order valence-corrected chi connectivity index (χ4v) is 1.67. The van der Waals surface area contributed by atoms with Crippen molar-refractivity contribution < 1.29 is 9.90 Å². The van der Waals surface area contributed by atoms with E-state index in [0.29, 0.717) is 12.8 Å². The van der Waals surface area contributed by atoms with Crippen molar-refractivity contribution in [2.75, 3.05) is 0 Å². The minimum Gasteiger partial charge on any atom is -0.392 e. The topological polar surface area (TPSA) is 37.3 Å². The first-order valence-corrected chi connectivity index (χ1v) is 5.67. The van der Waals surface area contributed by atoms with Crippen LogP contribution in [0.3, 0.4) is 0 Å². The number of carbonyl (C=O) groups excluding carboxylic acids is 1. The number of rotatable bonds is 6. The molecule has 0 radical (unpaired) electrons. The molecule has 0 fully saturated rings. The van der Waals surface area contributed by atoms with E-state index in [1.807, 2.05) is 27.7 Å². The summed E-state index contributed by atoms with van der Waals surface area (Å²) in [4.78, 5) is 12.1. The lowest BCUT2D eigenvalue weighted by atomic mass is 9.78. The molecule has 0 saturated heterocycles. The number of aliphatic hydroxyl groups excluding tert-OH is 1. The molecule has 0 unspecified atom stereocenters. The van der Waals surface area contributed by atoms with E-state index in [1.54, 1.807) is 6.08 Å². The molecule has 0 aliphatic carbocycles. The van der Waals surface area contributed by atoms with Crippen molar-refractivity contribution in [1.82, 2.24) is 0 Å². The lowest BCUT2D eigenvalue weighted by molar-refractivity contribution is -0.134. The van der Waals surface area contributed by atoms with Crippen molar-refractivity contribution >= 4 is 5.78 Å². The molecule has 15 heavy (non-hydrogen) atoms. The van der Waals surface area contributed by atoms with E-state index in [4.69, 9.17) is 0 Å². The van der Waals surface area contributed by atoms with Gasteiger partial charge in [0.1, 0.15) is 5.78 Å². The van der Waals surface area contributed by atoms with Gasteiger partial charge in [0, 0.05) is 11.3 Å². The number of aliphatic hydroxyl groups is 1. The first-order valence-electron chi connectivity index (χ1n) is 5.67. The minimum atomic E-state index is -0.528. The number of hydrogen-bond acceptors (Lipinski definition) is 2. The molecule has 0 bridgehead atoms. The Morgan fingerprint density at radius 2 is 2.00 bits per heavy atom. The van der Waals surface area contributed by atoms with Gasteiger partial charge in [-0.3, -0.25) is 4.79 Å². The molecule has 0 amide bonds. The van der Waals surface area contributed by atoms with Crippen molar-refractivity contribution in [3.8, 4) is 0 Å². The van der Waals surface area contributed by atoms with Gasteiger partial charge in [0.25, 0.3) is 0 Å². The number of allylic oxidation sites excluding steroid dienone is 1. The van der Waals surface area contributed by atoms with Gasteiger partial charge >= 0.3 is 0 Å². The molecule has 0 aromatic carbocycles. The summed E-state index contributed by atoms with van der Waals surface area (Å²) in [6.07, 6.45) is 3.33. The second kappa shape index (κ2) is 6.06. The summed E-state index contributed by atoms with van der Waals surface area (Å²) in [6.45, 7) is 11.3. The lowest BCUT2D eigenvalue weighted by Crippen LogP contribution is -2.35. The molecule has 0 aromatic heterocycles. The van der Waals surface area contributed by atoms with Gasteiger partial charge in [-0.2, -0.15) is 0 Å². The van der Waals surface area contributed by atoms with Gasteiger partial charge in [0.2, 0.25) is 0 Å². The quantitative estimate of drug-likeness (QED) is 0.687. The SMILES string of the molecule is C=CC[C@H](C(=O)C(C)(C)C)[C@H](O)CCC. The van der Waals surface area contributed by atoms with Gasteiger partial charge in [0.15, 0.2) is 0 Å². The zero-order valence-electron chi connectivity index (χ0n) is 10.4. The first kappa shape index (κ1) is 14.4. The van der Waals surface area contributed by atoms with Crippen LogP contribution in [-0.2, 0) is 4.79 Å². The zero-order chi connectivity index (χ0) is 12.1. The summed E-state index contributed by atoms with van der Waals surface area (Å²) >= 11 is 0. The van der Waals surface area contributed by atoms with Crippen LogP contribution in [0.4, 0.5) is 0 Å². The number of ketones is 1. The van der Waals surface area contributed by atoms with E-state index in [9.17, 15) is 9.90 Å². The fraction of sp³-hybridized carbons (Fsp3) is 0.769. The molecule has 0 aliphatic heterocycles. The van der Waals surface area contributed by atoms with Crippen LogP contribution >= 0.6 is 0 Å². The maximum absolute atomic E-state index is 12.1. The van der Waals surface area contributed by atoms with Crippen molar-refractivity contribution in [1.29, 1.82) is 0 Å². The van der Waals surface area contributed by atoms with Crippen LogP contribution < -0.4 is 0 Å². The summed E-state index contributed by atoms with van der Waals surface area (Å²) in [7, 11) is 0. The van der Waals surface area contributed by atoms with E-state index in [1.165, 1.54) is 0 Å². The molecule has 0 aromatic rings. The van der Waals surface area contributed by atoms with Crippen LogP contribution in [0.5, 0.6) is 0 Å². The molecular formula is C13H24O2. The third-order valence-electron chi connectivity index (χ3n) is 2.55. The summed E-state index contributed by atoms with van der Waals surface area (Å²) in [6, 6.07) is 0. The first-order chi connectivity index (χ1) is 6.84. The Morgan fingerprint density at radius 1 is 1.47 bits per heavy atom. The van der Waals surface area contributed by atoms with Crippen molar-refractivity contribution in [3.63, 3.8) is 0 Å². The third-order valence-corrected chi connectivity index (χ3v) is 2.55. The predicted molar refractivity (Wildman–Crippen MR) is 63.7 cm³/mol.